The van der Waals surface area contributed by atoms with E-state index in [4.69, 9.17) is 9.47 Å². The highest BCUT2D eigenvalue weighted by molar-refractivity contribution is 7.16. The maximum absolute atomic E-state index is 11.1. The van der Waals surface area contributed by atoms with Crippen LogP contribution >= 0.6 is 11.3 Å². The number of hydrogen-bond acceptors (Lipinski definition) is 7. The highest BCUT2D eigenvalue weighted by atomic mass is 32.1. The highest BCUT2D eigenvalue weighted by Crippen LogP contribution is 2.30. The average Bonchev–Trinajstić information content (AvgIpc) is 3.08. The Morgan fingerprint density at radius 3 is 2.85 bits per heavy atom. The largest absolute Gasteiger partial charge is 0.493 e. The minimum absolute atomic E-state index is 0.237. The van der Waals surface area contributed by atoms with E-state index in [9.17, 15) is 10.1 Å². The summed E-state index contributed by atoms with van der Waals surface area (Å²) >= 11 is 1.14. The molecular formula is C18H20N4O3S. The summed E-state index contributed by atoms with van der Waals surface area (Å²) < 4.78 is 11.1. The number of hydrogen-bond donors (Lipinski definition) is 1. The summed E-state index contributed by atoms with van der Waals surface area (Å²) in [5, 5.41) is 20.6. The van der Waals surface area contributed by atoms with Crippen LogP contribution in [0.15, 0.2) is 18.2 Å². The molecule has 0 radical (unpaired) electrons. The maximum Gasteiger partial charge on any atom is 0.223 e. The van der Waals surface area contributed by atoms with Gasteiger partial charge in [0.15, 0.2) is 16.5 Å². The third-order valence-electron chi connectivity index (χ3n) is 3.31. The van der Waals surface area contributed by atoms with Crippen LogP contribution in [0.25, 0.3) is 11.6 Å². The first-order valence-electron chi connectivity index (χ1n) is 8.11. The van der Waals surface area contributed by atoms with Crippen LogP contribution in [0.3, 0.4) is 0 Å². The van der Waals surface area contributed by atoms with Crippen LogP contribution in [0.5, 0.6) is 11.5 Å². The van der Waals surface area contributed by atoms with E-state index in [2.05, 4.69) is 28.5 Å². The molecule has 26 heavy (non-hydrogen) atoms. The number of amides is 1. The predicted octanol–water partition coefficient (Wildman–Crippen LogP) is 3.75. The van der Waals surface area contributed by atoms with Crippen molar-refractivity contribution in [2.45, 2.75) is 26.7 Å². The predicted molar refractivity (Wildman–Crippen MR) is 101 cm³/mol. The number of carbonyl (C=O) groups excluding carboxylic acids is 1. The summed E-state index contributed by atoms with van der Waals surface area (Å²) in [5.41, 5.74) is 1.12. The number of rotatable bonds is 8. The van der Waals surface area contributed by atoms with E-state index < -0.39 is 0 Å². The van der Waals surface area contributed by atoms with Gasteiger partial charge in [-0.25, -0.2) is 0 Å². The molecule has 8 heteroatoms. The lowest BCUT2D eigenvalue weighted by molar-refractivity contribution is -0.114. The number of benzene rings is 1. The average molecular weight is 372 g/mol. The summed E-state index contributed by atoms with van der Waals surface area (Å²) in [7, 11) is 1.57. The van der Waals surface area contributed by atoms with Crippen molar-refractivity contribution >= 4 is 34.0 Å². The number of nitriles is 1. The van der Waals surface area contributed by atoms with E-state index in [-0.39, 0.29) is 5.91 Å². The molecule has 1 amide bonds. The Hall–Kier alpha value is -2.92. The Labute approximate surface area is 156 Å². The van der Waals surface area contributed by atoms with Crippen LogP contribution < -0.4 is 14.8 Å². The SMILES string of the molecule is CCCCOc1ccc(C=C(C#N)c2nnc(NC(C)=O)s2)cc1OC. The van der Waals surface area contributed by atoms with Gasteiger partial charge in [-0.05, 0) is 30.2 Å². The Balaban J connectivity index is 2.24. The topological polar surface area (TPSA) is 97.1 Å². The number of carbonyl (C=O) groups is 1. The number of nitrogens with zero attached hydrogens (tertiary/aromatic N) is 3. The van der Waals surface area contributed by atoms with E-state index in [1.54, 1.807) is 19.3 Å². The quantitative estimate of drug-likeness (QED) is 0.560. The third-order valence-corrected chi connectivity index (χ3v) is 4.18. The molecule has 2 rings (SSSR count). The van der Waals surface area contributed by atoms with Crippen molar-refractivity contribution in [2.24, 2.45) is 0 Å². The Kier molecular flexibility index (Phi) is 7.12. The Morgan fingerprint density at radius 2 is 2.19 bits per heavy atom. The van der Waals surface area contributed by atoms with Gasteiger partial charge in [-0.1, -0.05) is 30.7 Å². The number of anilines is 1. The van der Waals surface area contributed by atoms with E-state index in [1.807, 2.05) is 12.1 Å². The number of aromatic nitrogens is 2. The summed E-state index contributed by atoms with van der Waals surface area (Å²) in [6.07, 6.45) is 3.71. The van der Waals surface area contributed by atoms with Gasteiger partial charge in [0.1, 0.15) is 6.07 Å². The summed E-state index contributed by atoms with van der Waals surface area (Å²) in [6.45, 7) is 4.11. The molecule has 0 fully saturated rings. The molecule has 0 aliphatic heterocycles. The molecule has 0 aliphatic carbocycles. The molecule has 7 nitrogen and oxygen atoms in total. The number of methoxy groups -OCH3 is 1. The van der Waals surface area contributed by atoms with Crippen LogP contribution in [0.4, 0.5) is 5.13 Å². The second-order valence-corrected chi connectivity index (χ2v) is 6.35. The molecule has 0 saturated carbocycles. The summed E-state index contributed by atoms with van der Waals surface area (Å²) in [6, 6.07) is 7.57. The number of allylic oxidation sites excluding steroid dienone is 1. The molecule has 1 heterocycles. The minimum atomic E-state index is -0.237. The van der Waals surface area contributed by atoms with Crippen molar-refractivity contribution in [1.29, 1.82) is 5.26 Å². The van der Waals surface area contributed by atoms with Gasteiger partial charge in [0.25, 0.3) is 0 Å². The van der Waals surface area contributed by atoms with Gasteiger partial charge in [0.2, 0.25) is 11.0 Å². The zero-order valence-electron chi connectivity index (χ0n) is 14.9. The van der Waals surface area contributed by atoms with Crippen molar-refractivity contribution in [3.63, 3.8) is 0 Å². The molecule has 0 saturated heterocycles. The van der Waals surface area contributed by atoms with E-state index in [0.717, 1.165) is 29.7 Å². The van der Waals surface area contributed by atoms with Gasteiger partial charge in [-0.15, -0.1) is 10.2 Å². The molecule has 0 atom stereocenters. The fourth-order valence-electron chi connectivity index (χ4n) is 2.06. The van der Waals surface area contributed by atoms with Crippen molar-refractivity contribution in [3.05, 3.63) is 28.8 Å². The van der Waals surface area contributed by atoms with Crippen LogP contribution in [-0.4, -0.2) is 29.8 Å². The lowest BCUT2D eigenvalue weighted by Crippen LogP contribution is -2.04. The Bertz CT molecular complexity index is 839. The van der Waals surface area contributed by atoms with E-state index in [1.165, 1.54) is 6.92 Å². The molecule has 136 valence electrons. The number of nitrogens with one attached hydrogen (secondary N) is 1. The first kappa shape index (κ1) is 19.4. The maximum atomic E-state index is 11.1. The summed E-state index contributed by atoms with van der Waals surface area (Å²) in [4.78, 5) is 11.1. The van der Waals surface area contributed by atoms with Crippen LogP contribution in [-0.2, 0) is 4.79 Å². The summed E-state index contributed by atoms with van der Waals surface area (Å²) in [5.74, 6) is 1.03. The molecule has 1 N–H and O–H groups in total. The van der Waals surface area contributed by atoms with Crippen LogP contribution in [0, 0.1) is 11.3 Å². The fraction of sp³-hybridized carbons (Fsp3) is 0.333. The van der Waals surface area contributed by atoms with Crippen molar-refractivity contribution < 1.29 is 14.3 Å². The zero-order chi connectivity index (χ0) is 18.9. The second-order valence-electron chi connectivity index (χ2n) is 5.38. The molecule has 0 aliphatic rings. The molecule has 2 aromatic rings. The molecule has 1 aromatic heterocycles. The normalized spacial score (nSPS) is 10.9. The Morgan fingerprint density at radius 1 is 1.38 bits per heavy atom. The van der Waals surface area contributed by atoms with E-state index in [0.29, 0.717) is 33.8 Å². The molecule has 0 bridgehead atoms. The highest BCUT2D eigenvalue weighted by Gasteiger charge is 2.11. The third kappa shape index (κ3) is 5.29. The first-order valence-corrected chi connectivity index (χ1v) is 8.93. The molecule has 0 spiro atoms. The van der Waals surface area contributed by atoms with Gasteiger partial charge < -0.3 is 14.8 Å². The molecular weight excluding hydrogens is 352 g/mol. The number of ether oxygens (including phenoxy) is 2. The molecule has 1 aromatic carbocycles. The lowest BCUT2D eigenvalue weighted by atomic mass is 10.1. The lowest BCUT2D eigenvalue weighted by Gasteiger charge is -2.11. The van der Waals surface area contributed by atoms with Gasteiger partial charge in [0.05, 0.1) is 19.3 Å². The van der Waals surface area contributed by atoms with Gasteiger partial charge >= 0.3 is 0 Å². The van der Waals surface area contributed by atoms with Crippen molar-refractivity contribution in [3.8, 4) is 17.6 Å². The van der Waals surface area contributed by atoms with Crippen molar-refractivity contribution in [2.75, 3.05) is 19.0 Å². The fourth-order valence-corrected chi connectivity index (χ4v) is 2.82. The molecule has 0 unspecified atom stereocenters. The zero-order valence-corrected chi connectivity index (χ0v) is 15.7. The first-order chi connectivity index (χ1) is 12.6. The van der Waals surface area contributed by atoms with Gasteiger partial charge in [0, 0.05) is 6.92 Å². The standard InChI is InChI=1S/C18H20N4O3S/c1-4-5-8-25-15-7-6-13(10-16(15)24-3)9-14(11-19)17-21-22-18(26-17)20-12(2)23/h6-7,9-10H,4-5,8H2,1-3H3,(H,20,22,23). The van der Waals surface area contributed by atoms with E-state index >= 15 is 0 Å². The van der Waals surface area contributed by atoms with Crippen LogP contribution in [0.1, 0.15) is 37.3 Å². The monoisotopic (exact) mass is 372 g/mol. The van der Waals surface area contributed by atoms with Gasteiger partial charge in [-0.3, -0.25) is 4.79 Å². The van der Waals surface area contributed by atoms with Gasteiger partial charge in [-0.2, -0.15) is 5.26 Å². The smallest absolute Gasteiger partial charge is 0.223 e. The second kappa shape index (κ2) is 9.53. The number of unbranched alkanes of at least 4 members (excludes halogenated alkanes) is 1. The van der Waals surface area contributed by atoms with Crippen LogP contribution in [0.2, 0.25) is 0 Å². The minimum Gasteiger partial charge on any atom is -0.493 e. The van der Waals surface area contributed by atoms with Crippen molar-refractivity contribution in [1.82, 2.24) is 10.2 Å².